The molecule has 0 saturated carbocycles. The van der Waals surface area contributed by atoms with Crippen LogP contribution in [0, 0.1) is 0 Å². The number of hydrogen-bond acceptors (Lipinski definition) is 1. The van der Waals surface area contributed by atoms with Crippen LogP contribution >= 0.6 is 0 Å². The standard InChI is InChI=1S/C64H44N2/c1-5-17-45(18-6-1)51-34-40-56(46-19-7-2-8-20-46)61(43-51)49-31-37-54(38-32-49)65(55-39-42-60-59-27-15-16-28-62(59)66(63(60)44-55)52-24-11-4-12-25-52)53-35-29-48(30-36-53)58-41-33-47-21-13-14-26-57(47)64(58)50-22-9-3-10-23-50/h1-44H. The van der Waals surface area contributed by atoms with Crippen molar-refractivity contribution >= 4 is 49.6 Å². The molecule has 0 aliphatic carbocycles. The number of anilines is 3. The van der Waals surface area contributed by atoms with Crippen molar-refractivity contribution in [2.45, 2.75) is 0 Å². The molecule has 0 unspecified atom stereocenters. The van der Waals surface area contributed by atoms with Gasteiger partial charge in [-0.05, 0) is 127 Å². The Morgan fingerprint density at radius 2 is 0.742 bits per heavy atom. The second-order valence-electron chi connectivity index (χ2n) is 16.9. The SMILES string of the molecule is c1ccc(-c2ccc(-c3ccccc3)c(-c3ccc(N(c4ccc(-c5ccc6ccccc6c5-c5ccccc5)cc4)c4ccc5c6ccccc6n(-c6ccccc6)c5c4)cc3)c2)cc1. The lowest BCUT2D eigenvalue weighted by Gasteiger charge is -2.26. The molecule has 0 aliphatic heterocycles. The van der Waals surface area contributed by atoms with Crippen LogP contribution in [0.2, 0.25) is 0 Å². The molecule has 0 fully saturated rings. The molecule has 11 aromatic carbocycles. The highest BCUT2D eigenvalue weighted by atomic mass is 15.1. The van der Waals surface area contributed by atoms with Crippen LogP contribution in [0.5, 0.6) is 0 Å². The van der Waals surface area contributed by atoms with Gasteiger partial charge in [0.05, 0.1) is 11.0 Å². The normalized spacial score (nSPS) is 11.3. The highest BCUT2D eigenvalue weighted by molar-refractivity contribution is 6.10. The maximum Gasteiger partial charge on any atom is 0.0561 e. The number of aromatic nitrogens is 1. The smallest absolute Gasteiger partial charge is 0.0561 e. The zero-order valence-corrected chi connectivity index (χ0v) is 36.3. The zero-order valence-electron chi connectivity index (χ0n) is 36.3. The summed E-state index contributed by atoms with van der Waals surface area (Å²) in [5.74, 6) is 0. The van der Waals surface area contributed by atoms with Crippen LogP contribution < -0.4 is 4.90 Å². The minimum absolute atomic E-state index is 1.07. The molecule has 0 saturated heterocycles. The molecule has 12 aromatic rings. The minimum atomic E-state index is 1.07. The summed E-state index contributed by atoms with van der Waals surface area (Å²) in [5.41, 5.74) is 18.7. The van der Waals surface area contributed by atoms with E-state index in [9.17, 15) is 0 Å². The van der Waals surface area contributed by atoms with Crippen LogP contribution in [0.3, 0.4) is 0 Å². The predicted molar refractivity (Wildman–Crippen MR) is 280 cm³/mol. The summed E-state index contributed by atoms with van der Waals surface area (Å²) in [6.45, 7) is 0. The molecule has 1 aromatic heterocycles. The average Bonchev–Trinajstić information content (AvgIpc) is 3.73. The van der Waals surface area contributed by atoms with Crippen LogP contribution in [0.15, 0.2) is 267 Å². The lowest BCUT2D eigenvalue weighted by atomic mass is 9.89. The largest absolute Gasteiger partial charge is 0.310 e. The molecular formula is C64H44N2. The average molecular weight is 841 g/mol. The van der Waals surface area contributed by atoms with Crippen molar-refractivity contribution < 1.29 is 0 Å². The lowest BCUT2D eigenvalue weighted by Crippen LogP contribution is -2.10. The van der Waals surface area contributed by atoms with E-state index >= 15 is 0 Å². The van der Waals surface area contributed by atoms with Gasteiger partial charge in [-0.15, -0.1) is 0 Å². The Morgan fingerprint density at radius 1 is 0.258 bits per heavy atom. The van der Waals surface area contributed by atoms with E-state index in [0.717, 1.165) is 33.8 Å². The molecule has 0 atom stereocenters. The van der Waals surface area contributed by atoms with Crippen LogP contribution in [0.1, 0.15) is 0 Å². The molecule has 0 aliphatic rings. The maximum atomic E-state index is 2.40. The second kappa shape index (κ2) is 16.8. The molecule has 310 valence electrons. The summed E-state index contributed by atoms with van der Waals surface area (Å²) in [4.78, 5) is 2.40. The van der Waals surface area contributed by atoms with E-state index in [4.69, 9.17) is 0 Å². The predicted octanol–water partition coefficient (Wildman–Crippen LogP) is 17.7. The molecule has 2 nitrogen and oxygen atoms in total. The lowest BCUT2D eigenvalue weighted by molar-refractivity contribution is 1.18. The van der Waals surface area contributed by atoms with E-state index in [1.54, 1.807) is 0 Å². The van der Waals surface area contributed by atoms with Crippen molar-refractivity contribution in [1.29, 1.82) is 0 Å². The summed E-state index contributed by atoms with van der Waals surface area (Å²) in [6, 6.07) is 96.9. The quantitative estimate of drug-likeness (QED) is 0.141. The van der Waals surface area contributed by atoms with Gasteiger partial charge in [-0.2, -0.15) is 0 Å². The number of benzene rings is 11. The first-order valence-electron chi connectivity index (χ1n) is 22.7. The van der Waals surface area contributed by atoms with Crippen molar-refractivity contribution in [2.75, 3.05) is 4.90 Å². The number of hydrogen-bond donors (Lipinski definition) is 0. The van der Waals surface area contributed by atoms with Gasteiger partial charge in [0.15, 0.2) is 0 Å². The van der Waals surface area contributed by atoms with Gasteiger partial charge in [0.25, 0.3) is 0 Å². The third kappa shape index (κ3) is 7.02. The minimum Gasteiger partial charge on any atom is -0.310 e. The summed E-state index contributed by atoms with van der Waals surface area (Å²) < 4.78 is 2.40. The molecule has 0 bridgehead atoms. The molecular weight excluding hydrogens is 797 g/mol. The van der Waals surface area contributed by atoms with E-state index in [0.29, 0.717) is 0 Å². The summed E-state index contributed by atoms with van der Waals surface area (Å²) in [5, 5.41) is 4.94. The van der Waals surface area contributed by atoms with Crippen LogP contribution in [-0.2, 0) is 0 Å². The van der Waals surface area contributed by atoms with Gasteiger partial charge in [0.2, 0.25) is 0 Å². The van der Waals surface area contributed by atoms with E-state index in [1.807, 2.05) is 0 Å². The fourth-order valence-electron chi connectivity index (χ4n) is 9.87. The van der Waals surface area contributed by atoms with Gasteiger partial charge >= 0.3 is 0 Å². The summed E-state index contributed by atoms with van der Waals surface area (Å²) in [6.07, 6.45) is 0. The Hall–Kier alpha value is -8.72. The van der Waals surface area contributed by atoms with E-state index in [1.165, 1.54) is 77.1 Å². The van der Waals surface area contributed by atoms with Gasteiger partial charge in [-0.3, -0.25) is 0 Å². The van der Waals surface area contributed by atoms with E-state index in [2.05, 4.69) is 276 Å². The van der Waals surface area contributed by atoms with Crippen molar-refractivity contribution in [3.63, 3.8) is 0 Å². The summed E-state index contributed by atoms with van der Waals surface area (Å²) in [7, 11) is 0. The van der Waals surface area contributed by atoms with Crippen LogP contribution in [0.25, 0.3) is 93.9 Å². The Bertz CT molecular complexity index is 3650. The topological polar surface area (TPSA) is 8.17 Å². The highest BCUT2D eigenvalue weighted by Crippen LogP contribution is 2.44. The van der Waals surface area contributed by atoms with Crippen LogP contribution in [-0.4, -0.2) is 4.57 Å². The number of rotatable bonds is 9. The Kier molecular flexibility index (Phi) is 9.89. The Balaban J connectivity index is 1.02. The molecule has 2 heteroatoms. The fourth-order valence-corrected chi connectivity index (χ4v) is 9.87. The third-order valence-corrected chi connectivity index (χ3v) is 13.0. The monoisotopic (exact) mass is 840 g/mol. The number of para-hydroxylation sites is 2. The molecule has 0 N–H and O–H groups in total. The highest BCUT2D eigenvalue weighted by Gasteiger charge is 2.20. The fraction of sp³-hybridized carbons (Fsp3) is 0. The molecule has 0 amide bonds. The number of nitrogens with zero attached hydrogens (tertiary/aromatic N) is 2. The first-order valence-corrected chi connectivity index (χ1v) is 22.7. The van der Waals surface area contributed by atoms with Gasteiger partial charge in [0.1, 0.15) is 0 Å². The second-order valence-corrected chi connectivity index (χ2v) is 16.9. The molecule has 66 heavy (non-hydrogen) atoms. The first-order chi connectivity index (χ1) is 32.7. The molecule has 0 spiro atoms. The Morgan fingerprint density at radius 3 is 1.42 bits per heavy atom. The van der Waals surface area contributed by atoms with Gasteiger partial charge in [-0.25, -0.2) is 0 Å². The maximum absolute atomic E-state index is 2.40. The first kappa shape index (κ1) is 38.9. The van der Waals surface area contributed by atoms with Crippen LogP contribution in [0.4, 0.5) is 17.1 Å². The van der Waals surface area contributed by atoms with Crippen molar-refractivity contribution in [2.24, 2.45) is 0 Å². The van der Waals surface area contributed by atoms with E-state index in [-0.39, 0.29) is 0 Å². The van der Waals surface area contributed by atoms with Gasteiger partial charge < -0.3 is 9.47 Å². The molecule has 1 heterocycles. The number of fused-ring (bicyclic) bond motifs is 4. The van der Waals surface area contributed by atoms with Crippen molar-refractivity contribution in [3.8, 4) is 61.3 Å². The third-order valence-electron chi connectivity index (χ3n) is 13.0. The van der Waals surface area contributed by atoms with Crippen molar-refractivity contribution in [3.05, 3.63) is 267 Å². The molecule has 0 radical (unpaired) electrons. The van der Waals surface area contributed by atoms with Crippen molar-refractivity contribution in [1.82, 2.24) is 4.57 Å². The Labute approximate surface area is 385 Å². The van der Waals surface area contributed by atoms with Gasteiger partial charge in [0, 0.05) is 33.5 Å². The summed E-state index contributed by atoms with van der Waals surface area (Å²) >= 11 is 0. The van der Waals surface area contributed by atoms with E-state index < -0.39 is 0 Å². The van der Waals surface area contributed by atoms with Gasteiger partial charge in [-0.1, -0.05) is 206 Å². The zero-order chi connectivity index (χ0) is 43.8. The molecule has 12 rings (SSSR count).